The second-order valence-corrected chi connectivity index (χ2v) is 4.22. The van der Waals surface area contributed by atoms with Crippen molar-refractivity contribution in [3.8, 4) is 5.75 Å². The van der Waals surface area contributed by atoms with E-state index in [-0.39, 0.29) is 12.6 Å². The molecule has 1 aromatic carbocycles. The summed E-state index contributed by atoms with van der Waals surface area (Å²) < 4.78 is 5.60. The molecular weight excluding hydrogens is 214 g/mol. The Morgan fingerprint density at radius 2 is 1.88 bits per heavy atom. The van der Waals surface area contributed by atoms with Crippen LogP contribution in [0, 0.1) is 0 Å². The van der Waals surface area contributed by atoms with Gasteiger partial charge in [0.15, 0.2) is 0 Å². The highest BCUT2D eigenvalue weighted by Gasteiger charge is 2.02. The van der Waals surface area contributed by atoms with Crippen LogP contribution in [-0.4, -0.2) is 18.3 Å². The molecule has 3 heteroatoms. The average molecular weight is 237 g/mol. The first-order valence-electron chi connectivity index (χ1n) is 6.37. The van der Waals surface area contributed by atoms with Crippen LogP contribution in [-0.2, 0) is 0 Å². The molecule has 0 aliphatic heterocycles. The predicted octanol–water partition coefficient (Wildman–Crippen LogP) is 2.64. The van der Waals surface area contributed by atoms with E-state index in [1.807, 2.05) is 24.3 Å². The topological polar surface area (TPSA) is 55.5 Å². The first-order chi connectivity index (χ1) is 8.27. The van der Waals surface area contributed by atoms with Gasteiger partial charge in [0.25, 0.3) is 0 Å². The summed E-state index contributed by atoms with van der Waals surface area (Å²) in [7, 11) is 0. The maximum atomic E-state index is 8.64. The monoisotopic (exact) mass is 237 g/mol. The fourth-order valence-corrected chi connectivity index (χ4v) is 1.63. The number of unbranched alkanes of at least 4 members (excludes halogenated alkanes) is 2. The van der Waals surface area contributed by atoms with E-state index in [1.165, 1.54) is 0 Å². The van der Waals surface area contributed by atoms with Crippen molar-refractivity contribution >= 4 is 0 Å². The largest absolute Gasteiger partial charge is 0.494 e. The lowest BCUT2D eigenvalue weighted by Gasteiger charge is -2.10. The highest BCUT2D eigenvalue weighted by molar-refractivity contribution is 5.28. The summed E-state index contributed by atoms with van der Waals surface area (Å²) in [5.41, 5.74) is 7.09. The van der Waals surface area contributed by atoms with Gasteiger partial charge < -0.3 is 15.6 Å². The van der Waals surface area contributed by atoms with Crippen molar-refractivity contribution in [1.82, 2.24) is 0 Å². The smallest absolute Gasteiger partial charge is 0.119 e. The third-order valence-corrected chi connectivity index (χ3v) is 2.82. The van der Waals surface area contributed by atoms with E-state index in [0.717, 1.165) is 37.0 Å². The Hall–Kier alpha value is -1.06. The van der Waals surface area contributed by atoms with E-state index >= 15 is 0 Å². The van der Waals surface area contributed by atoms with Crippen molar-refractivity contribution in [2.45, 2.75) is 38.6 Å². The predicted molar refractivity (Wildman–Crippen MR) is 70.1 cm³/mol. The van der Waals surface area contributed by atoms with Gasteiger partial charge in [-0.05, 0) is 43.4 Å². The first-order valence-corrected chi connectivity index (χ1v) is 6.37. The summed E-state index contributed by atoms with van der Waals surface area (Å²) in [5.74, 6) is 0.890. The number of benzene rings is 1. The molecule has 3 nitrogen and oxygen atoms in total. The fourth-order valence-electron chi connectivity index (χ4n) is 1.63. The fraction of sp³-hybridized carbons (Fsp3) is 0.571. The van der Waals surface area contributed by atoms with Gasteiger partial charge in [0.1, 0.15) is 5.75 Å². The summed E-state index contributed by atoms with van der Waals surface area (Å²) >= 11 is 0. The van der Waals surface area contributed by atoms with E-state index in [1.54, 1.807) is 0 Å². The van der Waals surface area contributed by atoms with E-state index in [4.69, 9.17) is 15.6 Å². The molecule has 1 unspecified atom stereocenters. The lowest BCUT2D eigenvalue weighted by Crippen LogP contribution is -2.08. The van der Waals surface area contributed by atoms with Crippen molar-refractivity contribution < 1.29 is 9.84 Å². The quantitative estimate of drug-likeness (QED) is 0.683. The Kier molecular flexibility index (Phi) is 6.67. The summed E-state index contributed by atoms with van der Waals surface area (Å²) in [6, 6.07) is 8.11. The standard InChI is InChI=1S/C14H23NO2/c1-2-14(15)12-6-8-13(9-7-12)17-11-5-3-4-10-16/h6-9,14,16H,2-5,10-11,15H2,1H3. The minimum atomic E-state index is 0.119. The molecule has 0 aliphatic rings. The van der Waals surface area contributed by atoms with Gasteiger partial charge in [0, 0.05) is 12.6 Å². The second kappa shape index (κ2) is 8.09. The number of hydrogen-bond donors (Lipinski definition) is 2. The second-order valence-electron chi connectivity index (χ2n) is 4.22. The number of rotatable bonds is 8. The van der Waals surface area contributed by atoms with Crippen molar-refractivity contribution in [1.29, 1.82) is 0 Å². The molecule has 0 aliphatic carbocycles. The minimum absolute atomic E-state index is 0.119. The zero-order chi connectivity index (χ0) is 12.5. The van der Waals surface area contributed by atoms with E-state index in [9.17, 15) is 0 Å². The van der Waals surface area contributed by atoms with Crippen molar-refractivity contribution in [2.24, 2.45) is 5.73 Å². The van der Waals surface area contributed by atoms with Gasteiger partial charge in [-0.2, -0.15) is 0 Å². The molecule has 1 aromatic rings. The summed E-state index contributed by atoms with van der Waals surface area (Å²) in [6.07, 6.45) is 3.79. The van der Waals surface area contributed by atoms with Crippen LogP contribution < -0.4 is 10.5 Å². The van der Waals surface area contributed by atoms with Gasteiger partial charge in [-0.1, -0.05) is 19.1 Å². The SMILES string of the molecule is CCC(N)c1ccc(OCCCCCO)cc1. The normalized spacial score (nSPS) is 12.4. The van der Waals surface area contributed by atoms with Gasteiger partial charge in [-0.3, -0.25) is 0 Å². The minimum Gasteiger partial charge on any atom is -0.494 e. The zero-order valence-electron chi connectivity index (χ0n) is 10.6. The van der Waals surface area contributed by atoms with Crippen molar-refractivity contribution in [3.05, 3.63) is 29.8 Å². The molecule has 96 valence electrons. The Balaban J connectivity index is 2.30. The molecule has 0 saturated carbocycles. The molecule has 0 radical (unpaired) electrons. The zero-order valence-corrected chi connectivity index (χ0v) is 10.6. The molecule has 0 fully saturated rings. The Morgan fingerprint density at radius 1 is 1.18 bits per heavy atom. The number of aliphatic hydroxyl groups excluding tert-OH is 1. The van der Waals surface area contributed by atoms with Crippen molar-refractivity contribution in [3.63, 3.8) is 0 Å². The van der Waals surface area contributed by atoms with Crippen LogP contribution in [0.5, 0.6) is 5.75 Å². The average Bonchev–Trinajstić information content (AvgIpc) is 2.38. The maximum absolute atomic E-state index is 8.64. The van der Waals surface area contributed by atoms with Gasteiger partial charge >= 0.3 is 0 Å². The lowest BCUT2D eigenvalue weighted by molar-refractivity contribution is 0.266. The number of ether oxygens (including phenoxy) is 1. The van der Waals surface area contributed by atoms with Crippen LogP contribution in [0.25, 0.3) is 0 Å². The van der Waals surface area contributed by atoms with Crippen LogP contribution in [0.1, 0.15) is 44.2 Å². The number of nitrogens with two attached hydrogens (primary N) is 1. The Morgan fingerprint density at radius 3 is 2.47 bits per heavy atom. The third kappa shape index (κ3) is 5.20. The van der Waals surface area contributed by atoms with Crippen LogP contribution in [0.15, 0.2) is 24.3 Å². The van der Waals surface area contributed by atoms with Crippen molar-refractivity contribution in [2.75, 3.05) is 13.2 Å². The van der Waals surface area contributed by atoms with E-state index in [0.29, 0.717) is 6.61 Å². The molecule has 0 amide bonds. The number of aliphatic hydroxyl groups is 1. The summed E-state index contributed by atoms with van der Waals surface area (Å²) in [6.45, 7) is 3.05. The highest BCUT2D eigenvalue weighted by Crippen LogP contribution is 2.18. The molecule has 1 rings (SSSR count). The molecule has 0 bridgehead atoms. The van der Waals surface area contributed by atoms with Crippen LogP contribution >= 0.6 is 0 Å². The van der Waals surface area contributed by atoms with Gasteiger partial charge in [0.2, 0.25) is 0 Å². The maximum Gasteiger partial charge on any atom is 0.119 e. The Bertz CT molecular complexity index is 298. The third-order valence-electron chi connectivity index (χ3n) is 2.82. The molecule has 0 heterocycles. The van der Waals surface area contributed by atoms with E-state index < -0.39 is 0 Å². The Labute approximate surface area is 104 Å². The first kappa shape index (κ1) is 14.0. The molecule has 17 heavy (non-hydrogen) atoms. The van der Waals surface area contributed by atoms with E-state index in [2.05, 4.69) is 6.92 Å². The molecular formula is C14H23NO2. The molecule has 0 spiro atoms. The molecule has 3 N–H and O–H groups in total. The molecule has 1 atom stereocenters. The van der Waals surface area contributed by atoms with Crippen LogP contribution in [0.2, 0.25) is 0 Å². The van der Waals surface area contributed by atoms with Gasteiger partial charge in [-0.15, -0.1) is 0 Å². The number of hydrogen-bond acceptors (Lipinski definition) is 3. The van der Waals surface area contributed by atoms with Gasteiger partial charge in [-0.25, -0.2) is 0 Å². The summed E-state index contributed by atoms with van der Waals surface area (Å²) in [4.78, 5) is 0. The van der Waals surface area contributed by atoms with Crippen LogP contribution in [0.3, 0.4) is 0 Å². The molecule has 0 saturated heterocycles. The van der Waals surface area contributed by atoms with Gasteiger partial charge in [0.05, 0.1) is 6.61 Å². The summed E-state index contributed by atoms with van der Waals surface area (Å²) in [5, 5.41) is 8.64. The molecule has 0 aromatic heterocycles. The highest BCUT2D eigenvalue weighted by atomic mass is 16.5. The lowest BCUT2D eigenvalue weighted by atomic mass is 10.1. The van der Waals surface area contributed by atoms with Crippen LogP contribution in [0.4, 0.5) is 0 Å².